The molecule has 2 aromatic carbocycles. The summed E-state index contributed by atoms with van der Waals surface area (Å²) in [6.45, 7) is 2.51. The summed E-state index contributed by atoms with van der Waals surface area (Å²) in [4.78, 5) is 0.0995. The second kappa shape index (κ2) is 7.47. The van der Waals surface area contributed by atoms with Crippen LogP contribution in [0.2, 0.25) is 10.0 Å². The lowest BCUT2D eigenvalue weighted by molar-refractivity contribution is -0.689. The van der Waals surface area contributed by atoms with Crippen LogP contribution in [0.15, 0.2) is 53.4 Å². The Kier molecular flexibility index (Phi) is 5.87. The van der Waals surface area contributed by atoms with Crippen LogP contribution in [0.4, 0.5) is 0 Å². The zero-order valence-electron chi connectivity index (χ0n) is 12.2. The molecule has 22 heavy (non-hydrogen) atoms. The van der Waals surface area contributed by atoms with E-state index in [1.54, 1.807) is 6.07 Å². The number of rotatable bonds is 6. The first kappa shape index (κ1) is 17.3. The molecule has 6 heteroatoms. The molecule has 0 saturated heterocycles. The van der Waals surface area contributed by atoms with E-state index in [4.69, 9.17) is 23.2 Å². The van der Waals surface area contributed by atoms with Crippen LogP contribution in [0.25, 0.3) is 0 Å². The number of hydrogen-bond acceptors (Lipinski definition) is 2. The summed E-state index contributed by atoms with van der Waals surface area (Å²) in [5.74, 6) is 0.0181. The fraction of sp³-hybridized carbons (Fsp3) is 0.250. The lowest BCUT2D eigenvalue weighted by atomic mass is 10.1. The average Bonchev–Trinajstić information content (AvgIpc) is 2.50. The van der Waals surface area contributed by atoms with Crippen LogP contribution in [0.5, 0.6) is 0 Å². The molecule has 2 rings (SSSR count). The van der Waals surface area contributed by atoms with Gasteiger partial charge in [0.15, 0.2) is 9.84 Å². The zero-order valence-corrected chi connectivity index (χ0v) is 14.5. The summed E-state index contributed by atoms with van der Waals surface area (Å²) in [7, 11) is -3.44. The van der Waals surface area contributed by atoms with Crippen molar-refractivity contribution >= 4 is 33.0 Å². The van der Waals surface area contributed by atoms with Crippen molar-refractivity contribution < 1.29 is 13.7 Å². The smallest absolute Gasteiger partial charge is 0.185 e. The molecule has 0 aliphatic rings. The summed E-state index contributed by atoms with van der Waals surface area (Å²) in [6.07, 6.45) is 0. The molecule has 2 N–H and O–H groups in total. The molecule has 0 unspecified atom stereocenters. The number of hydrogen-bond donors (Lipinski definition) is 1. The van der Waals surface area contributed by atoms with Crippen molar-refractivity contribution in [3.8, 4) is 0 Å². The molecule has 0 spiro atoms. The van der Waals surface area contributed by atoms with E-state index in [-0.39, 0.29) is 21.7 Å². The summed E-state index contributed by atoms with van der Waals surface area (Å²) in [6, 6.07) is 14.7. The molecule has 1 atom stereocenters. The van der Waals surface area contributed by atoms with E-state index in [1.807, 2.05) is 42.6 Å². The Labute approximate surface area is 141 Å². The SMILES string of the molecule is C[C@H]([NH2+]CCS(=O)(=O)c1cc(Cl)ccc1Cl)c1ccccc1. The molecule has 0 amide bonds. The molecule has 0 aromatic heterocycles. The van der Waals surface area contributed by atoms with Gasteiger partial charge in [0.1, 0.15) is 11.8 Å². The fourth-order valence-electron chi connectivity index (χ4n) is 2.19. The Bertz CT molecular complexity index is 733. The van der Waals surface area contributed by atoms with E-state index < -0.39 is 9.84 Å². The molecule has 0 heterocycles. The molecule has 0 saturated carbocycles. The molecular weight excluding hydrogens is 341 g/mol. The van der Waals surface area contributed by atoms with Gasteiger partial charge in [0, 0.05) is 10.6 Å². The number of quaternary nitrogens is 1. The Morgan fingerprint density at radius 2 is 1.77 bits per heavy atom. The summed E-state index contributed by atoms with van der Waals surface area (Å²) >= 11 is 11.8. The highest BCUT2D eigenvalue weighted by Gasteiger charge is 2.20. The molecule has 3 nitrogen and oxygen atoms in total. The molecule has 0 fully saturated rings. The van der Waals surface area contributed by atoms with Crippen LogP contribution in [0.3, 0.4) is 0 Å². The number of halogens is 2. The first-order chi connectivity index (χ1) is 10.4. The standard InChI is InChI=1S/C16H17Cl2NO2S/c1-12(13-5-3-2-4-6-13)19-9-10-22(20,21)16-11-14(17)7-8-15(16)18/h2-8,11-12,19H,9-10H2,1H3/p+1/t12-/m0/s1. The van der Waals surface area contributed by atoms with Crippen LogP contribution in [-0.4, -0.2) is 20.7 Å². The van der Waals surface area contributed by atoms with Gasteiger partial charge < -0.3 is 5.32 Å². The normalized spacial score (nSPS) is 13.0. The van der Waals surface area contributed by atoms with Gasteiger partial charge in [0.05, 0.1) is 16.5 Å². The lowest BCUT2D eigenvalue weighted by Gasteiger charge is -2.11. The van der Waals surface area contributed by atoms with Gasteiger partial charge in [-0.1, -0.05) is 53.5 Å². The first-order valence-corrected chi connectivity index (χ1v) is 9.37. The minimum absolute atomic E-state index is 0.0181. The third kappa shape index (κ3) is 4.46. The van der Waals surface area contributed by atoms with Crippen molar-refractivity contribution in [3.05, 3.63) is 64.1 Å². The van der Waals surface area contributed by atoms with Gasteiger partial charge >= 0.3 is 0 Å². The average molecular weight is 359 g/mol. The van der Waals surface area contributed by atoms with E-state index in [0.717, 1.165) is 0 Å². The Morgan fingerprint density at radius 3 is 2.45 bits per heavy atom. The quantitative estimate of drug-likeness (QED) is 0.862. The van der Waals surface area contributed by atoms with E-state index in [0.29, 0.717) is 11.6 Å². The molecule has 118 valence electrons. The van der Waals surface area contributed by atoms with Crippen molar-refractivity contribution in [2.75, 3.05) is 12.3 Å². The summed E-state index contributed by atoms with van der Waals surface area (Å²) in [5, 5.41) is 2.58. The Balaban J connectivity index is 2.00. The first-order valence-electron chi connectivity index (χ1n) is 6.96. The Morgan fingerprint density at radius 1 is 1.09 bits per heavy atom. The highest BCUT2D eigenvalue weighted by Crippen LogP contribution is 2.25. The molecule has 2 aromatic rings. The van der Waals surface area contributed by atoms with Crippen LogP contribution in [-0.2, 0) is 9.84 Å². The number of nitrogens with two attached hydrogens (primary N) is 1. The van der Waals surface area contributed by atoms with Crippen molar-refractivity contribution in [1.29, 1.82) is 0 Å². The van der Waals surface area contributed by atoms with Gasteiger partial charge in [-0.15, -0.1) is 0 Å². The van der Waals surface area contributed by atoms with Crippen molar-refractivity contribution in [1.82, 2.24) is 0 Å². The zero-order chi connectivity index (χ0) is 16.2. The van der Waals surface area contributed by atoms with Crippen LogP contribution in [0, 0.1) is 0 Å². The molecule has 0 aliphatic carbocycles. The van der Waals surface area contributed by atoms with Gasteiger partial charge in [0.2, 0.25) is 0 Å². The van der Waals surface area contributed by atoms with E-state index in [2.05, 4.69) is 0 Å². The monoisotopic (exact) mass is 358 g/mol. The van der Waals surface area contributed by atoms with Crippen LogP contribution < -0.4 is 5.32 Å². The summed E-state index contributed by atoms with van der Waals surface area (Å²) in [5.41, 5.74) is 1.17. The Hall–Kier alpha value is -1.07. The van der Waals surface area contributed by atoms with Crippen molar-refractivity contribution in [3.63, 3.8) is 0 Å². The largest absolute Gasteiger partial charge is 0.339 e. The van der Waals surface area contributed by atoms with Gasteiger partial charge in [-0.3, -0.25) is 0 Å². The topological polar surface area (TPSA) is 50.8 Å². The van der Waals surface area contributed by atoms with Gasteiger partial charge in [-0.25, -0.2) is 8.42 Å². The maximum atomic E-state index is 12.4. The summed E-state index contributed by atoms with van der Waals surface area (Å²) < 4.78 is 24.7. The number of sulfone groups is 1. The van der Waals surface area contributed by atoms with Crippen LogP contribution >= 0.6 is 23.2 Å². The maximum absolute atomic E-state index is 12.4. The van der Waals surface area contributed by atoms with Crippen molar-refractivity contribution in [2.45, 2.75) is 17.9 Å². The van der Waals surface area contributed by atoms with Gasteiger partial charge in [0.25, 0.3) is 0 Å². The minimum atomic E-state index is -3.44. The number of benzene rings is 2. The second-order valence-corrected chi connectivity index (χ2v) is 8.04. The predicted octanol–water partition coefficient (Wildman–Crippen LogP) is 3.09. The van der Waals surface area contributed by atoms with E-state index in [9.17, 15) is 8.42 Å². The minimum Gasteiger partial charge on any atom is -0.339 e. The predicted molar refractivity (Wildman–Crippen MR) is 90.2 cm³/mol. The van der Waals surface area contributed by atoms with Gasteiger partial charge in [-0.2, -0.15) is 0 Å². The van der Waals surface area contributed by atoms with E-state index >= 15 is 0 Å². The van der Waals surface area contributed by atoms with E-state index in [1.165, 1.54) is 17.7 Å². The molecule has 0 bridgehead atoms. The highest BCUT2D eigenvalue weighted by molar-refractivity contribution is 7.91. The third-order valence-electron chi connectivity index (χ3n) is 3.46. The second-order valence-electron chi connectivity index (χ2n) is 5.12. The molecule has 0 aliphatic heterocycles. The van der Waals surface area contributed by atoms with Crippen LogP contribution in [0.1, 0.15) is 18.5 Å². The molecular formula is C16H18Cl2NO2S+. The van der Waals surface area contributed by atoms with Crippen molar-refractivity contribution in [2.24, 2.45) is 0 Å². The lowest BCUT2D eigenvalue weighted by Crippen LogP contribution is -2.85. The third-order valence-corrected chi connectivity index (χ3v) is 5.92. The molecule has 0 radical (unpaired) electrons. The van der Waals surface area contributed by atoms with Gasteiger partial charge in [-0.05, 0) is 25.1 Å². The fourth-order valence-corrected chi connectivity index (χ4v) is 4.24. The highest BCUT2D eigenvalue weighted by atomic mass is 35.5. The maximum Gasteiger partial charge on any atom is 0.185 e.